The quantitative estimate of drug-likeness (QED) is 0.227. The number of unbranched alkanes of at least 4 members (excludes halogenated alkanes) is 3. The summed E-state index contributed by atoms with van der Waals surface area (Å²) in [5, 5.41) is 11.5. The van der Waals surface area contributed by atoms with E-state index in [1.165, 1.54) is 32.1 Å². The molecular formula is C19H37IN6O. The Morgan fingerprint density at radius 2 is 2.07 bits per heavy atom. The summed E-state index contributed by atoms with van der Waals surface area (Å²) in [6.45, 7) is 6.85. The molecule has 1 unspecified atom stereocenters. The minimum atomic E-state index is 0. The van der Waals surface area contributed by atoms with Crippen LogP contribution in [0, 0.1) is 5.92 Å². The Kier molecular flexibility index (Phi) is 11.9. The minimum Gasteiger partial charge on any atom is -0.377 e. The van der Waals surface area contributed by atoms with Crippen LogP contribution in [0.5, 0.6) is 0 Å². The van der Waals surface area contributed by atoms with Crippen molar-refractivity contribution in [1.29, 1.82) is 0 Å². The number of aromatic nitrogens is 3. The molecule has 0 aliphatic carbocycles. The van der Waals surface area contributed by atoms with E-state index in [9.17, 15) is 0 Å². The van der Waals surface area contributed by atoms with Crippen LogP contribution in [0.1, 0.15) is 64.0 Å². The number of fused-ring (bicyclic) bond motifs is 1. The van der Waals surface area contributed by atoms with Gasteiger partial charge in [-0.2, -0.15) is 5.10 Å². The van der Waals surface area contributed by atoms with Crippen LogP contribution in [0.25, 0.3) is 0 Å². The van der Waals surface area contributed by atoms with E-state index in [-0.39, 0.29) is 24.0 Å². The molecule has 27 heavy (non-hydrogen) atoms. The summed E-state index contributed by atoms with van der Waals surface area (Å²) in [6.07, 6.45) is 8.46. The van der Waals surface area contributed by atoms with Gasteiger partial charge in [-0.15, -0.1) is 24.0 Å². The van der Waals surface area contributed by atoms with Gasteiger partial charge in [0, 0.05) is 33.2 Å². The monoisotopic (exact) mass is 492 g/mol. The Morgan fingerprint density at radius 1 is 1.30 bits per heavy atom. The van der Waals surface area contributed by atoms with Crippen molar-refractivity contribution in [1.82, 2.24) is 25.4 Å². The Hall–Kier alpha value is -0.900. The van der Waals surface area contributed by atoms with Crippen molar-refractivity contribution < 1.29 is 4.74 Å². The minimum absolute atomic E-state index is 0. The summed E-state index contributed by atoms with van der Waals surface area (Å²) in [7, 11) is 3.50. The summed E-state index contributed by atoms with van der Waals surface area (Å²) in [5.74, 6) is 3.53. The van der Waals surface area contributed by atoms with E-state index >= 15 is 0 Å². The van der Waals surface area contributed by atoms with Crippen molar-refractivity contribution >= 4 is 29.9 Å². The average molecular weight is 492 g/mol. The molecule has 1 aromatic rings. The number of guanidine groups is 1. The van der Waals surface area contributed by atoms with Gasteiger partial charge in [-0.05, 0) is 18.8 Å². The predicted octanol–water partition coefficient (Wildman–Crippen LogP) is 3.13. The Balaban J connectivity index is 0.00000364. The zero-order valence-electron chi connectivity index (χ0n) is 17.3. The third kappa shape index (κ3) is 8.76. The van der Waals surface area contributed by atoms with Gasteiger partial charge in [0.2, 0.25) is 0 Å². The Bertz CT molecular complexity index is 560. The smallest absolute Gasteiger partial charge is 0.191 e. The molecule has 0 bridgehead atoms. The highest BCUT2D eigenvalue weighted by molar-refractivity contribution is 14.0. The maximum absolute atomic E-state index is 5.12. The summed E-state index contributed by atoms with van der Waals surface area (Å²) < 4.78 is 7.12. The summed E-state index contributed by atoms with van der Waals surface area (Å²) in [6, 6.07) is 0.330. The Morgan fingerprint density at radius 3 is 2.78 bits per heavy atom. The number of aliphatic imine (C=N–C) groups is 1. The van der Waals surface area contributed by atoms with Crippen LogP contribution in [-0.2, 0) is 24.3 Å². The lowest BCUT2D eigenvalue weighted by molar-refractivity contribution is 0.177. The number of halogens is 1. The van der Waals surface area contributed by atoms with Crippen molar-refractivity contribution in [3.8, 4) is 0 Å². The van der Waals surface area contributed by atoms with Gasteiger partial charge in [0.05, 0.1) is 6.54 Å². The van der Waals surface area contributed by atoms with E-state index in [1.807, 2.05) is 11.7 Å². The van der Waals surface area contributed by atoms with Gasteiger partial charge in [-0.3, -0.25) is 4.99 Å². The third-order valence-electron chi connectivity index (χ3n) is 4.74. The zero-order chi connectivity index (χ0) is 18.8. The molecule has 0 saturated carbocycles. The predicted molar refractivity (Wildman–Crippen MR) is 121 cm³/mol. The van der Waals surface area contributed by atoms with Crippen molar-refractivity contribution in [2.24, 2.45) is 10.9 Å². The zero-order valence-corrected chi connectivity index (χ0v) is 19.7. The molecule has 8 heteroatoms. The number of aryl methyl sites for hydroxylation is 1. The average Bonchev–Trinajstić information content (AvgIpc) is 3.01. The van der Waals surface area contributed by atoms with E-state index < -0.39 is 0 Å². The molecule has 1 aromatic heterocycles. The largest absolute Gasteiger partial charge is 0.377 e. The fourth-order valence-electron chi connectivity index (χ4n) is 3.29. The molecule has 1 aliphatic rings. The molecule has 0 saturated heterocycles. The highest BCUT2D eigenvalue weighted by Crippen LogP contribution is 2.13. The molecule has 0 fully saturated rings. The van der Waals surface area contributed by atoms with Crippen molar-refractivity contribution in [3.63, 3.8) is 0 Å². The first-order valence-corrected chi connectivity index (χ1v) is 10.0. The second-order valence-electron chi connectivity index (χ2n) is 7.54. The number of nitrogens with one attached hydrogen (secondary N) is 2. The molecular weight excluding hydrogens is 455 g/mol. The lowest BCUT2D eigenvalue weighted by Gasteiger charge is -2.25. The van der Waals surface area contributed by atoms with E-state index in [0.717, 1.165) is 49.5 Å². The fraction of sp³-hybridized carbons (Fsp3) is 0.842. The van der Waals surface area contributed by atoms with Gasteiger partial charge in [0.1, 0.15) is 12.4 Å². The number of nitrogens with zero attached hydrogens (tertiary/aromatic N) is 4. The Labute approximate surface area is 181 Å². The van der Waals surface area contributed by atoms with Crippen LogP contribution < -0.4 is 10.6 Å². The van der Waals surface area contributed by atoms with Gasteiger partial charge in [-0.1, -0.05) is 39.5 Å². The number of hydrogen-bond acceptors (Lipinski definition) is 4. The normalized spacial score (nSPS) is 16.8. The first-order chi connectivity index (χ1) is 12.6. The van der Waals surface area contributed by atoms with Gasteiger partial charge in [-0.25, -0.2) is 9.67 Å². The fourth-order valence-corrected chi connectivity index (χ4v) is 3.29. The van der Waals surface area contributed by atoms with Crippen LogP contribution in [0.4, 0.5) is 0 Å². The molecule has 2 heterocycles. The lowest BCUT2D eigenvalue weighted by Crippen LogP contribution is -2.47. The molecule has 1 atom stereocenters. The second kappa shape index (κ2) is 13.3. The molecule has 2 N–H and O–H groups in total. The van der Waals surface area contributed by atoms with Crippen molar-refractivity contribution in [2.75, 3.05) is 20.7 Å². The van der Waals surface area contributed by atoms with E-state index in [2.05, 4.69) is 39.6 Å². The third-order valence-corrected chi connectivity index (χ3v) is 4.74. The van der Waals surface area contributed by atoms with Crippen molar-refractivity contribution in [2.45, 2.75) is 78.0 Å². The molecule has 0 radical (unpaired) electrons. The molecule has 2 rings (SSSR count). The van der Waals surface area contributed by atoms with Crippen molar-refractivity contribution in [3.05, 3.63) is 11.6 Å². The van der Waals surface area contributed by atoms with E-state index in [4.69, 9.17) is 4.74 Å². The molecule has 0 spiro atoms. The van der Waals surface area contributed by atoms with Crippen LogP contribution in [0.15, 0.2) is 4.99 Å². The number of rotatable bonds is 10. The molecule has 0 aromatic carbocycles. The first-order valence-electron chi connectivity index (χ1n) is 10.0. The first kappa shape index (κ1) is 24.1. The molecule has 156 valence electrons. The van der Waals surface area contributed by atoms with Gasteiger partial charge < -0.3 is 15.4 Å². The summed E-state index contributed by atoms with van der Waals surface area (Å²) in [4.78, 5) is 8.88. The maximum Gasteiger partial charge on any atom is 0.191 e. The standard InChI is InChI=1S/C19H36N6O.HI/c1-15(2)9-7-5-6-8-12-21-19(20-3)22-16-10-11-18-23-17(14-26-4)24-25(18)13-16;/h15-16H,5-14H2,1-4H3,(H2,20,21,22);1H. The number of hydrogen-bond donors (Lipinski definition) is 2. The molecule has 1 aliphatic heterocycles. The second-order valence-corrected chi connectivity index (χ2v) is 7.54. The molecule has 0 amide bonds. The lowest BCUT2D eigenvalue weighted by atomic mass is 10.0. The SMILES string of the molecule is CN=C(NCCCCCCC(C)C)NC1CCc2nc(COC)nn2C1.I. The van der Waals surface area contributed by atoms with Crippen LogP contribution in [0.2, 0.25) is 0 Å². The summed E-state index contributed by atoms with van der Waals surface area (Å²) >= 11 is 0. The number of methoxy groups -OCH3 is 1. The number of ether oxygens (including phenoxy) is 1. The summed E-state index contributed by atoms with van der Waals surface area (Å²) in [5.41, 5.74) is 0. The van der Waals surface area contributed by atoms with Gasteiger partial charge in [0.15, 0.2) is 11.8 Å². The van der Waals surface area contributed by atoms with Gasteiger partial charge >= 0.3 is 0 Å². The van der Waals surface area contributed by atoms with Crippen LogP contribution >= 0.6 is 24.0 Å². The maximum atomic E-state index is 5.12. The highest BCUT2D eigenvalue weighted by atomic mass is 127. The van der Waals surface area contributed by atoms with E-state index in [1.54, 1.807) is 7.11 Å². The van der Waals surface area contributed by atoms with Crippen LogP contribution in [-0.4, -0.2) is 47.5 Å². The van der Waals surface area contributed by atoms with E-state index in [0.29, 0.717) is 12.6 Å². The molecule has 7 nitrogen and oxygen atoms in total. The van der Waals surface area contributed by atoms with Gasteiger partial charge in [0.25, 0.3) is 0 Å². The topological polar surface area (TPSA) is 76.4 Å². The highest BCUT2D eigenvalue weighted by Gasteiger charge is 2.22. The van der Waals surface area contributed by atoms with Crippen LogP contribution in [0.3, 0.4) is 0 Å².